The fraction of sp³-hybridized carbons (Fsp3) is 0.500. The van der Waals surface area contributed by atoms with E-state index in [1.54, 1.807) is 30.1 Å². The molecule has 0 aromatic heterocycles. The van der Waals surface area contributed by atoms with Crippen molar-refractivity contribution in [1.29, 1.82) is 0 Å². The van der Waals surface area contributed by atoms with Crippen LogP contribution in [0.4, 0.5) is 5.69 Å². The summed E-state index contributed by atoms with van der Waals surface area (Å²) in [5.41, 5.74) is 1.04. The summed E-state index contributed by atoms with van der Waals surface area (Å²) < 4.78 is 4.78. The van der Waals surface area contributed by atoms with Crippen LogP contribution in [0, 0.1) is 11.8 Å². The molecule has 108 valence electrons. The number of carbonyl (C=O) groups excluding carboxylic acids is 2. The minimum absolute atomic E-state index is 0.0608. The molecular formula is C16H21NO3. The molecule has 2 atom stereocenters. The standard InChI is InChI=1S/C16H21NO3/c1-11-7-6-9-12(11)15(18)17(2)14-10-5-4-8-13(14)16(19)20-3/h4-5,8,10-12H,6-7,9H2,1-3H3. The molecule has 1 aromatic rings. The van der Waals surface area contributed by atoms with Gasteiger partial charge >= 0.3 is 5.97 Å². The second-order valence-electron chi connectivity index (χ2n) is 5.42. The van der Waals surface area contributed by atoms with Gasteiger partial charge in [-0.2, -0.15) is 0 Å². The number of rotatable bonds is 3. The molecule has 1 aromatic carbocycles. The third-order valence-corrected chi connectivity index (χ3v) is 4.18. The Balaban J connectivity index is 2.27. The molecule has 0 radical (unpaired) electrons. The molecule has 2 rings (SSSR count). The van der Waals surface area contributed by atoms with Crippen LogP contribution in [-0.2, 0) is 9.53 Å². The lowest BCUT2D eigenvalue weighted by Gasteiger charge is -2.25. The monoisotopic (exact) mass is 275 g/mol. The number of carbonyl (C=O) groups is 2. The topological polar surface area (TPSA) is 46.6 Å². The number of esters is 1. The Labute approximate surface area is 119 Å². The number of hydrogen-bond donors (Lipinski definition) is 0. The van der Waals surface area contributed by atoms with E-state index < -0.39 is 5.97 Å². The van der Waals surface area contributed by atoms with Crippen LogP contribution >= 0.6 is 0 Å². The van der Waals surface area contributed by atoms with Gasteiger partial charge in [-0.15, -0.1) is 0 Å². The van der Waals surface area contributed by atoms with Gasteiger partial charge in [0.1, 0.15) is 0 Å². The highest BCUT2D eigenvalue weighted by Gasteiger charge is 2.33. The highest BCUT2D eigenvalue weighted by Crippen LogP contribution is 2.34. The first-order valence-corrected chi connectivity index (χ1v) is 7.01. The van der Waals surface area contributed by atoms with Gasteiger partial charge in [0, 0.05) is 13.0 Å². The van der Waals surface area contributed by atoms with Gasteiger partial charge in [-0.1, -0.05) is 25.5 Å². The third kappa shape index (κ3) is 2.69. The van der Waals surface area contributed by atoms with Crippen molar-refractivity contribution in [2.45, 2.75) is 26.2 Å². The normalized spacial score (nSPS) is 21.6. The number of ether oxygens (including phenoxy) is 1. The highest BCUT2D eigenvalue weighted by atomic mass is 16.5. The molecule has 1 saturated carbocycles. The lowest BCUT2D eigenvalue weighted by Crippen LogP contribution is -2.35. The second-order valence-corrected chi connectivity index (χ2v) is 5.42. The lowest BCUT2D eigenvalue weighted by atomic mass is 9.96. The van der Waals surface area contributed by atoms with Crippen LogP contribution in [0.25, 0.3) is 0 Å². The van der Waals surface area contributed by atoms with Crippen LogP contribution in [0.15, 0.2) is 24.3 Å². The first-order chi connectivity index (χ1) is 9.56. The van der Waals surface area contributed by atoms with Crippen molar-refractivity contribution < 1.29 is 14.3 Å². The molecule has 0 spiro atoms. The molecule has 1 fully saturated rings. The van der Waals surface area contributed by atoms with Crippen LogP contribution in [0.3, 0.4) is 0 Å². The van der Waals surface area contributed by atoms with Crippen molar-refractivity contribution in [3.63, 3.8) is 0 Å². The first-order valence-electron chi connectivity index (χ1n) is 7.01. The van der Waals surface area contributed by atoms with Crippen molar-refractivity contribution in [3.8, 4) is 0 Å². The molecule has 2 unspecified atom stereocenters. The maximum Gasteiger partial charge on any atom is 0.339 e. The summed E-state index contributed by atoms with van der Waals surface area (Å²) in [5, 5.41) is 0. The predicted octanol–water partition coefficient (Wildman–Crippen LogP) is 2.87. The van der Waals surface area contributed by atoms with Gasteiger partial charge in [-0.25, -0.2) is 4.79 Å². The van der Waals surface area contributed by atoms with E-state index in [9.17, 15) is 9.59 Å². The van der Waals surface area contributed by atoms with Crippen molar-refractivity contribution in [3.05, 3.63) is 29.8 Å². The molecule has 1 amide bonds. The average Bonchev–Trinajstić information content (AvgIpc) is 2.91. The molecule has 20 heavy (non-hydrogen) atoms. The molecule has 0 saturated heterocycles. The van der Waals surface area contributed by atoms with E-state index in [0.717, 1.165) is 19.3 Å². The SMILES string of the molecule is COC(=O)c1ccccc1N(C)C(=O)C1CCCC1C. The Morgan fingerprint density at radius 2 is 1.95 bits per heavy atom. The predicted molar refractivity (Wildman–Crippen MR) is 77.7 cm³/mol. The van der Waals surface area contributed by atoms with Gasteiger partial charge in [-0.3, -0.25) is 4.79 Å². The van der Waals surface area contributed by atoms with E-state index in [2.05, 4.69) is 6.92 Å². The largest absolute Gasteiger partial charge is 0.465 e. The fourth-order valence-corrected chi connectivity index (χ4v) is 2.93. The van der Waals surface area contributed by atoms with E-state index in [0.29, 0.717) is 17.2 Å². The Morgan fingerprint density at radius 3 is 2.55 bits per heavy atom. The zero-order valence-electron chi connectivity index (χ0n) is 12.3. The quantitative estimate of drug-likeness (QED) is 0.797. The van der Waals surface area contributed by atoms with E-state index in [-0.39, 0.29) is 11.8 Å². The smallest absolute Gasteiger partial charge is 0.339 e. The molecule has 0 aliphatic heterocycles. The zero-order valence-corrected chi connectivity index (χ0v) is 12.3. The van der Waals surface area contributed by atoms with Gasteiger partial charge in [0.2, 0.25) is 5.91 Å². The number of benzene rings is 1. The molecular weight excluding hydrogens is 254 g/mol. The summed E-state index contributed by atoms with van der Waals surface area (Å²) in [4.78, 5) is 26.0. The van der Waals surface area contributed by atoms with Crippen molar-refractivity contribution in [2.24, 2.45) is 11.8 Å². The summed E-state index contributed by atoms with van der Waals surface area (Å²) >= 11 is 0. The maximum atomic E-state index is 12.6. The summed E-state index contributed by atoms with van der Waals surface area (Å²) in [6, 6.07) is 7.06. The molecule has 0 N–H and O–H groups in total. The van der Waals surface area contributed by atoms with Crippen LogP contribution in [0.5, 0.6) is 0 Å². The molecule has 4 nitrogen and oxygen atoms in total. The average molecular weight is 275 g/mol. The van der Waals surface area contributed by atoms with Crippen molar-refractivity contribution in [1.82, 2.24) is 0 Å². The molecule has 0 heterocycles. The number of para-hydroxylation sites is 1. The van der Waals surface area contributed by atoms with Crippen molar-refractivity contribution >= 4 is 17.6 Å². The van der Waals surface area contributed by atoms with Crippen LogP contribution in [-0.4, -0.2) is 26.0 Å². The van der Waals surface area contributed by atoms with E-state index in [1.165, 1.54) is 7.11 Å². The Bertz CT molecular complexity index is 512. The lowest BCUT2D eigenvalue weighted by molar-refractivity contribution is -0.122. The van der Waals surface area contributed by atoms with Crippen molar-refractivity contribution in [2.75, 3.05) is 19.1 Å². The number of nitrogens with zero attached hydrogens (tertiary/aromatic N) is 1. The zero-order chi connectivity index (χ0) is 14.7. The van der Waals surface area contributed by atoms with Crippen LogP contribution in [0.2, 0.25) is 0 Å². The van der Waals surface area contributed by atoms with Gasteiger partial charge < -0.3 is 9.64 Å². The van der Waals surface area contributed by atoms with Gasteiger partial charge in [0.25, 0.3) is 0 Å². The first kappa shape index (κ1) is 14.6. The Morgan fingerprint density at radius 1 is 1.25 bits per heavy atom. The number of hydrogen-bond acceptors (Lipinski definition) is 3. The number of anilines is 1. The minimum atomic E-state index is -0.417. The van der Waals surface area contributed by atoms with Gasteiger partial charge in [0.05, 0.1) is 18.4 Å². The summed E-state index contributed by atoms with van der Waals surface area (Å²) in [6.45, 7) is 2.12. The molecule has 4 heteroatoms. The third-order valence-electron chi connectivity index (χ3n) is 4.18. The highest BCUT2D eigenvalue weighted by molar-refractivity contribution is 6.03. The van der Waals surface area contributed by atoms with Gasteiger partial charge in [0.15, 0.2) is 0 Å². The molecule has 0 bridgehead atoms. The maximum absolute atomic E-state index is 12.6. The van der Waals surface area contributed by atoms with E-state index in [1.807, 2.05) is 6.07 Å². The van der Waals surface area contributed by atoms with Crippen LogP contribution < -0.4 is 4.90 Å². The number of methoxy groups -OCH3 is 1. The van der Waals surface area contributed by atoms with E-state index >= 15 is 0 Å². The molecule has 1 aliphatic carbocycles. The summed E-state index contributed by atoms with van der Waals surface area (Å²) in [6.07, 6.45) is 3.14. The summed E-state index contributed by atoms with van der Waals surface area (Å²) in [7, 11) is 3.08. The molecule has 1 aliphatic rings. The van der Waals surface area contributed by atoms with E-state index in [4.69, 9.17) is 4.74 Å². The van der Waals surface area contributed by atoms with Crippen LogP contribution in [0.1, 0.15) is 36.5 Å². The Kier molecular flexibility index (Phi) is 4.42. The Hall–Kier alpha value is -1.84. The van der Waals surface area contributed by atoms with Gasteiger partial charge in [-0.05, 0) is 30.9 Å². The second kappa shape index (κ2) is 6.07. The summed E-state index contributed by atoms with van der Waals surface area (Å²) in [5.74, 6) is 0.145. The number of amides is 1. The minimum Gasteiger partial charge on any atom is -0.465 e. The fourth-order valence-electron chi connectivity index (χ4n) is 2.93.